The lowest BCUT2D eigenvalue weighted by Gasteiger charge is -2.21. The fourth-order valence-electron chi connectivity index (χ4n) is 1.98. The van der Waals surface area contributed by atoms with Crippen molar-refractivity contribution in [2.75, 3.05) is 0 Å². The minimum atomic E-state index is -1.26. The first-order chi connectivity index (χ1) is 10.0. The van der Waals surface area contributed by atoms with E-state index in [4.69, 9.17) is 40.8 Å². The van der Waals surface area contributed by atoms with E-state index in [-0.39, 0.29) is 5.71 Å². The van der Waals surface area contributed by atoms with Crippen LogP contribution in [0, 0.1) is 11.3 Å². The van der Waals surface area contributed by atoms with Crippen LogP contribution >= 0.6 is 35.4 Å². The molecule has 2 atom stereocenters. The summed E-state index contributed by atoms with van der Waals surface area (Å²) in [5.41, 5.74) is 0.308. The summed E-state index contributed by atoms with van der Waals surface area (Å²) in [7, 11) is 0. The Hall–Kier alpha value is -1.26. The molecule has 0 aliphatic rings. The van der Waals surface area contributed by atoms with Gasteiger partial charge < -0.3 is 10.5 Å². The first-order valence-electron chi connectivity index (χ1n) is 6.26. The van der Waals surface area contributed by atoms with Gasteiger partial charge in [-0.25, -0.2) is 0 Å². The molecule has 0 aliphatic carbocycles. The Morgan fingerprint density at radius 3 is 2.10 bits per heavy atom. The van der Waals surface area contributed by atoms with Crippen LogP contribution in [0.5, 0.6) is 0 Å². The number of alkyl halides is 1. The molecule has 2 N–H and O–H groups in total. The van der Waals surface area contributed by atoms with Crippen LogP contribution in [0.1, 0.15) is 11.1 Å². The molecular formula is C16H13Cl2NOS. The van der Waals surface area contributed by atoms with Crippen molar-refractivity contribution in [2.24, 2.45) is 5.92 Å². The Balaban J connectivity index is 2.33. The second-order valence-corrected chi connectivity index (χ2v) is 5.82. The van der Waals surface area contributed by atoms with Crippen molar-refractivity contribution in [3.8, 4) is 0 Å². The van der Waals surface area contributed by atoms with Crippen molar-refractivity contribution in [1.82, 2.24) is 0 Å². The number of halogens is 2. The van der Waals surface area contributed by atoms with Gasteiger partial charge in [0.15, 0.2) is 0 Å². The summed E-state index contributed by atoms with van der Waals surface area (Å²) >= 11 is 17.1. The van der Waals surface area contributed by atoms with Crippen LogP contribution in [0.4, 0.5) is 0 Å². The van der Waals surface area contributed by atoms with Crippen molar-refractivity contribution in [1.29, 1.82) is 5.41 Å². The monoisotopic (exact) mass is 337 g/mol. The van der Waals surface area contributed by atoms with E-state index in [1.54, 1.807) is 24.3 Å². The zero-order valence-electron chi connectivity index (χ0n) is 11.0. The van der Waals surface area contributed by atoms with Gasteiger partial charge in [-0.2, -0.15) is 0 Å². The Morgan fingerprint density at radius 2 is 1.57 bits per heavy atom. The fraction of sp³-hybridized carbons (Fsp3) is 0.125. The van der Waals surface area contributed by atoms with Crippen LogP contribution in [-0.4, -0.2) is 21.2 Å². The second kappa shape index (κ2) is 7.14. The molecule has 0 bridgehead atoms. The molecule has 0 spiro atoms. The van der Waals surface area contributed by atoms with Crippen LogP contribution in [0.15, 0.2) is 54.6 Å². The van der Waals surface area contributed by atoms with E-state index < -0.39 is 11.5 Å². The molecule has 0 fully saturated rings. The summed E-state index contributed by atoms with van der Waals surface area (Å²) in [6.45, 7) is 0. The van der Waals surface area contributed by atoms with E-state index in [9.17, 15) is 5.11 Å². The summed E-state index contributed by atoms with van der Waals surface area (Å²) in [5.74, 6) is -0.759. The smallest absolute Gasteiger partial charge is 0.141 e. The number of nitrogens with one attached hydrogen (secondary N) is 1. The number of hydrogen-bond donors (Lipinski definition) is 2. The molecule has 21 heavy (non-hydrogen) atoms. The Morgan fingerprint density at radius 1 is 1.00 bits per heavy atom. The molecule has 0 aromatic heterocycles. The van der Waals surface area contributed by atoms with Gasteiger partial charge in [0.2, 0.25) is 0 Å². The third kappa shape index (κ3) is 3.89. The molecular weight excluding hydrogens is 325 g/mol. The molecule has 2 nitrogen and oxygen atoms in total. The van der Waals surface area contributed by atoms with Gasteiger partial charge in [0.05, 0.1) is 11.6 Å². The van der Waals surface area contributed by atoms with Crippen molar-refractivity contribution in [2.45, 2.75) is 5.56 Å². The molecule has 0 heterocycles. The number of rotatable bonds is 5. The minimum absolute atomic E-state index is 0.169. The summed E-state index contributed by atoms with van der Waals surface area (Å²) in [5, 5.41) is 18.7. The van der Waals surface area contributed by atoms with E-state index in [0.29, 0.717) is 15.5 Å². The second-order valence-electron chi connectivity index (χ2n) is 4.50. The van der Waals surface area contributed by atoms with E-state index >= 15 is 0 Å². The lowest BCUT2D eigenvalue weighted by Crippen LogP contribution is -2.31. The predicted molar refractivity (Wildman–Crippen MR) is 91.8 cm³/mol. The topological polar surface area (TPSA) is 44.1 Å². The first-order valence-corrected chi connectivity index (χ1v) is 7.48. The average molecular weight is 338 g/mol. The van der Waals surface area contributed by atoms with E-state index in [1.807, 2.05) is 30.3 Å². The molecule has 2 rings (SSSR count). The highest BCUT2D eigenvalue weighted by atomic mass is 35.5. The highest BCUT2D eigenvalue weighted by molar-refractivity contribution is 7.81. The molecule has 2 aromatic carbocycles. The van der Waals surface area contributed by atoms with Crippen LogP contribution in [0.25, 0.3) is 0 Å². The lowest BCUT2D eigenvalue weighted by molar-refractivity contribution is 0.245. The van der Waals surface area contributed by atoms with Gasteiger partial charge >= 0.3 is 0 Å². The van der Waals surface area contributed by atoms with Gasteiger partial charge in [0, 0.05) is 9.89 Å². The molecule has 2 aromatic rings. The number of aliphatic hydroxyl groups is 1. The molecule has 0 saturated carbocycles. The predicted octanol–water partition coefficient (Wildman–Crippen LogP) is 4.30. The standard InChI is InChI=1S/C16H13Cl2NOS/c17-12-8-6-10(7-9-12)14(19)13(16(18)20)15(21)11-4-2-1-3-5-11/h1-9,13,16,19-20H. The van der Waals surface area contributed by atoms with Gasteiger partial charge in [-0.3, -0.25) is 0 Å². The summed E-state index contributed by atoms with van der Waals surface area (Å²) in [4.78, 5) is 0.443. The molecule has 0 amide bonds. The van der Waals surface area contributed by atoms with E-state index in [2.05, 4.69) is 0 Å². The third-order valence-corrected chi connectivity index (χ3v) is 4.08. The summed E-state index contributed by atoms with van der Waals surface area (Å²) in [6.07, 6.45) is 0. The highest BCUT2D eigenvalue weighted by Gasteiger charge is 2.28. The average Bonchev–Trinajstić information content (AvgIpc) is 2.48. The van der Waals surface area contributed by atoms with Crippen LogP contribution in [0.2, 0.25) is 5.02 Å². The number of hydrogen-bond acceptors (Lipinski definition) is 3. The van der Waals surface area contributed by atoms with Gasteiger partial charge in [-0.1, -0.05) is 77.9 Å². The Kier molecular flexibility index (Phi) is 5.48. The van der Waals surface area contributed by atoms with Crippen molar-refractivity contribution in [3.63, 3.8) is 0 Å². The normalized spacial score (nSPS) is 13.5. The van der Waals surface area contributed by atoms with Crippen LogP contribution in [0.3, 0.4) is 0 Å². The molecule has 0 radical (unpaired) electrons. The molecule has 108 valence electrons. The summed E-state index contributed by atoms with van der Waals surface area (Å²) < 4.78 is 0. The maximum absolute atomic E-state index is 9.84. The van der Waals surface area contributed by atoms with Gasteiger partial charge in [-0.15, -0.1) is 0 Å². The van der Waals surface area contributed by atoms with Crippen LogP contribution < -0.4 is 0 Å². The zero-order chi connectivity index (χ0) is 15.4. The molecule has 2 unspecified atom stereocenters. The van der Waals surface area contributed by atoms with Gasteiger partial charge in [0.25, 0.3) is 0 Å². The first kappa shape index (κ1) is 16.1. The molecule has 0 saturated heterocycles. The molecule has 0 aliphatic heterocycles. The van der Waals surface area contributed by atoms with E-state index in [0.717, 1.165) is 5.56 Å². The SMILES string of the molecule is N=C(c1ccc(Cl)cc1)C(C(=S)c1ccccc1)C(O)Cl. The largest absolute Gasteiger partial charge is 0.377 e. The van der Waals surface area contributed by atoms with Gasteiger partial charge in [-0.05, 0) is 23.3 Å². The highest BCUT2D eigenvalue weighted by Crippen LogP contribution is 2.22. The lowest BCUT2D eigenvalue weighted by atomic mass is 9.91. The summed E-state index contributed by atoms with van der Waals surface area (Å²) in [6, 6.07) is 16.1. The quantitative estimate of drug-likeness (QED) is 0.369. The number of benzene rings is 2. The maximum atomic E-state index is 9.84. The van der Waals surface area contributed by atoms with Crippen molar-refractivity contribution in [3.05, 3.63) is 70.7 Å². The van der Waals surface area contributed by atoms with E-state index in [1.165, 1.54) is 0 Å². The molecule has 5 heteroatoms. The number of thiocarbonyl (C=S) groups is 1. The van der Waals surface area contributed by atoms with Crippen LogP contribution in [-0.2, 0) is 0 Å². The van der Waals surface area contributed by atoms with Gasteiger partial charge in [0.1, 0.15) is 5.56 Å². The fourth-order valence-corrected chi connectivity index (χ4v) is 2.82. The zero-order valence-corrected chi connectivity index (χ0v) is 13.3. The Bertz CT molecular complexity index is 641. The third-order valence-electron chi connectivity index (χ3n) is 3.08. The number of aliphatic hydroxyl groups excluding tert-OH is 1. The maximum Gasteiger partial charge on any atom is 0.141 e. The Labute approximate surface area is 138 Å². The van der Waals surface area contributed by atoms with Crippen molar-refractivity contribution >= 4 is 46.0 Å². The minimum Gasteiger partial charge on any atom is -0.377 e. The van der Waals surface area contributed by atoms with Crippen molar-refractivity contribution < 1.29 is 5.11 Å².